The molecule has 7 heteroatoms. The van der Waals surface area contributed by atoms with Gasteiger partial charge in [0.25, 0.3) is 5.91 Å². The van der Waals surface area contributed by atoms with E-state index in [4.69, 9.17) is 19.2 Å². The monoisotopic (exact) mass is 454 g/mol. The first kappa shape index (κ1) is 22.6. The van der Waals surface area contributed by atoms with E-state index in [-0.39, 0.29) is 12.0 Å². The highest BCUT2D eigenvalue weighted by Crippen LogP contribution is 2.33. The number of fused-ring (bicyclic) bond motifs is 1. The van der Waals surface area contributed by atoms with E-state index in [1.54, 1.807) is 4.90 Å². The van der Waals surface area contributed by atoms with Gasteiger partial charge in [-0.25, -0.2) is 4.98 Å². The standard InChI is InChI=1S/C25H30N2O4S/c1-3-5-14-30-19-10-8-18(9-11-19)24(28)27(17-21-7-6-15-31-21)25-26-22-13-12-20(29-4-2)16-23(22)32-25/h8-13,16,21H,3-7,14-15,17H2,1-2H3. The summed E-state index contributed by atoms with van der Waals surface area (Å²) >= 11 is 1.50. The fraction of sp³-hybridized carbons (Fsp3) is 0.440. The van der Waals surface area contributed by atoms with E-state index in [0.717, 1.165) is 54.0 Å². The lowest BCUT2D eigenvalue weighted by atomic mass is 10.1. The Morgan fingerprint density at radius 1 is 1.16 bits per heavy atom. The van der Waals surface area contributed by atoms with E-state index in [2.05, 4.69) is 6.92 Å². The van der Waals surface area contributed by atoms with Crippen LogP contribution in [0.15, 0.2) is 42.5 Å². The number of carbonyl (C=O) groups is 1. The summed E-state index contributed by atoms with van der Waals surface area (Å²) in [6.07, 6.45) is 4.10. The number of unbranched alkanes of at least 4 members (excludes halogenated alkanes) is 1. The van der Waals surface area contributed by atoms with Gasteiger partial charge in [0.15, 0.2) is 5.13 Å². The van der Waals surface area contributed by atoms with Crippen molar-refractivity contribution < 1.29 is 19.0 Å². The van der Waals surface area contributed by atoms with Crippen LogP contribution in [0.4, 0.5) is 5.13 Å². The number of anilines is 1. The third-order valence-electron chi connectivity index (χ3n) is 5.41. The summed E-state index contributed by atoms with van der Waals surface area (Å²) in [5, 5.41) is 0.678. The number of hydrogen-bond acceptors (Lipinski definition) is 6. The molecule has 6 nitrogen and oxygen atoms in total. The van der Waals surface area contributed by atoms with E-state index in [1.807, 2.05) is 49.4 Å². The third kappa shape index (κ3) is 5.40. The van der Waals surface area contributed by atoms with E-state index in [0.29, 0.717) is 30.5 Å². The van der Waals surface area contributed by atoms with Crippen LogP contribution in [0.1, 0.15) is 49.9 Å². The maximum absolute atomic E-state index is 13.5. The number of rotatable bonds is 10. The van der Waals surface area contributed by atoms with Crippen LogP contribution in [0, 0.1) is 0 Å². The van der Waals surface area contributed by atoms with Crippen LogP contribution >= 0.6 is 11.3 Å². The summed E-state index contributed by atoms with van der Waals surface area (Å²) in [5.41, 5.74) is 1.47. The van der Waals surface area contributed by atoms with Crippen molar-refractivity contribution in [3.8, 4) is 11.5 Å². The highest BCUT2D eigenvalue weighted by atomic mass is 32.1. The van der Waals surface area contributed by atoms with E-state index in [1.165, 1.54) is 11.3 Å². The Bertz CT molecular complexity index is 1030. The predicted molar refractivity (Wildman–Crippen MR) is 128 cm³/mol. The lowest BCUT2D eigenvalue weighted by molar-refractivity contribution is 0.0917. The van der Waals surface area contributed by atoms with E-state index in [9.17, 15) is 4.79 Å². The fourth-order valence-corrected chi connectivity index (χ4v) is 4.69. The highest BCUT2D eigenvalue weighted by molar-refractivity contribution is 7.22. The van der Waals surface area contributed by atoms with E-state index < -0.39 is 0 Å². The van der Waals surface area contributed by atoms with Crippen molar-refractivity contribution in [2.45, 2.75) is 45.6 Å². The molecule has 3 aromatic rings. The van der Waals surface area contributed by atoms with Crippen LogP contribution in [0.2, 0.25) is 0 Å². The molecule has 0 bridgehead atoms. The maximum atomic E-state index is 13.5. The van der Waals surface area contributed by atoms with Crippen molar-refractivity contribution in [1.82, 2.24) is 4.98 Å². The molecule has 1 saturated heterocycles. The van der Waals surface area contributed by atoms with Crippen LogP contribution in [-0.4, -0.2) is 43.4 Å². The molecule has 0 radical (unpaired) electrons. The molecule has 1 aliphatic heterocycles. The summed E-state index contributed by atoms with van der Waals surface area (Å²) in [7, 11) is 0. The molecule has 1 aliphatic rings. The molecule has 2 aromatic carbocycles. The average molecular weight is 455 g/mol. The molecule has 1 aromatic heterocycles. The van der Waals surface area contributed by atoms with Crippen molar-refractivity contribution >= 4 is 32.6 Å². The minimum atomic E-state index is -0.0790. The van der Waals surface area contributed by atoms with Gasteiger partial charge in [0.2, 0.25) is 0 Å². The van der Waals surface area contributed by atoms with E-state index >= 15 is 0 Å². The van der Waals surface area contributed by atoms with Crippen molar-refractivity contribution in [3.63, 3.8) is 0 Å². The van der Waals surface area contributed by atoms with Gasteiger partial charge in [-0.3, -0.25) is 9.69 Å². The number of nitrogens with zero attached hydrogens (tertiary/aromatic N) is 2. The first-order valence-corrected chi connectivity index (χ1v) is 12.2. The van der Waals surface area contributed by atoms with Gasteiger partial charge in [0.1, 0.15) is 11.5 Å². The quantitative estimate of drug-likeness (QED) is 0.368. The van der Waals surface area contributed by atoms with Gasteiger partial charge in [-0.15, -0.1) is 0 Å². The normalized spacial score (nSPS) is 15.8. The Labute approximate surface area is 193 Å². The average Bonchev–Trinajstić information content (AvgIpc) is 3.47. The minimum Gasteiger partial charge on any atom is -0.494 e. The van der Waals surface area contributed by atoms with Gasteiger partial charge in [-0.1, -0.05) is 24.7 Å². The van der Waals surface area contributed by atoms with Crippen molar-refractivity contribution in [2.75, 3.05) is 31.3 Å². The SMILES string of the molecule is CCCCOc1ccc(C(=O)N(CC2CCCO2)c2nc3ccc(OCC)cc3s2)cc1. The van der Waals surface area contributed by atoms with Crippen LogP contribution < -0.4 is 14.4 Å². The number of benzene rings is 2. The van der Waals surface area contributed by atoms with Gasteiger partial charge in [-0.2, -0.15) is 0 Å². The first-order valence-electron chi connectivity index (χ1n) is 11.4. The molecule has 0 spiro atoms. The van der Waals surface area contributed by atoms with Gasteiger partial charge in [-0.05, 0) is 68.7 Å². The second kappa shape index (κ2) is 10.8. The molecule has 32 heavy (non-hydrogen) atoms. The molecule has 1 atom stereocenters. The molecular weight excluding hydrogens is 424 g/mol. The molecule has 1 fully saturated rings. The molecular formula is C25H30N2O4S. The third-order valence-corrected chi connectivity index (χ3v) is 6.45. The molecule has 1 amide bonds. The number of ether oxygens (including phenoxy) is 3. The zero-order valence-electron chi connectivity index (χ0n) is 18.7. The second-order valence-corrected chi connectivity index (χ2v) is 8.85. The van der Waals surface area contributed by atoms with Gasteiger partial charge < -0.3 is 14.2 Å². The summed E-state index contributed by atoms with van der Waals surface area (Å²) in [4.78, 5) is 20.0. The molecule has 1 unspecified atom stereocenters. The number of hydrogen-bond donors (Lipinski definition) is 0. The lowest BCUT2D eigenvalue weighted by Crippen LogP contribution is -2.37. The largest absolute Gasteiger partial charge is 0.494 e. The first-order chi connectivity index (χ1) is 15.7. The zero-order valence-corrected chi connectivity index (χ0v) is 19.5. The Morgan fingerprint density at radius 2 is 1.97 bits per heavy atom. The Morgan fingerprint density at radius 3 is 2.69 bits per heavy atom. The summed E-state index contributed by atoms with van der Waals surface area (Å²) in [6.45, 7) is 6.63. The van der Waals surface area contributed by atoms with Crippen molar-refractivity contribution in [1.29, 1.82) is 0 Å². The van der Waals surface area contributed by atoms with Crippen LogP contribution in [0.5, 0.6) is 11.5 Å². The summed E-state index contributed by atoms with van der Waals surface area (Å²) in [5.74, 6) is 1.51. The van der Waals surface area contributed by atoms with Crippen molar-refractivity contribution in [2.24, 2.45) is 0 Å². The number of carbonyl (C=O) groups excluding carboxylic acids is 1. The number of aromatic nitrogens is 1. The molecule has 170 valence electrons. The fourth-order valence-electron chi connectivity index (χ4n) is 3.69. The highest BCUT2D eigenvalue weighted by Gasteiger charge is 2.27. The molecule has 0 aliphatic carbocycles. The minimum absolute atomic E-state index is 0.0293. The second-order valence-electron chi connectivity index (χ2n) is 7.84. The Hall–Kier alpha value is -2.64. The van der Waals surface area contributed by atoms with Crippen LogP contribution in [0.3, 0.4) is 0 Å². The van der Waals surface area contributed by atoms with Crippen LogP contribution in [-0.2, 0) is 4.74 Å². The molecule has 0 N–H and O–H groups in total. The summed E-state index contributed by atoms with van der Waals surface area (Å²) in [6, 6.07) is 13.2. The molecule has 0 saturated carbocycles. The van der Waals surface area contributed by atoms with Gasteiger partial charge >= 0.3 is 0 Å². The lowest BCUT2D eigenvalue weighted by Gasteiger charge is -2.23. The van der Waals surface area contributed by atoms with Crippen LogP contribution in [0.25, 0.3) is 10.2 Å². The Kier molecular flexibility index (Phi) is 7.60. The Balaban J connectivity index is 1.58. The summed E-state index contributed by atoms with van der Waals surface area (Å²) < 4.78 is 18.2. The number of amides is 1. The number of thiazole rings is 1. The smallest absolute Gasteiger partial charge is 0.260 e. The maximum Gasteiger partial charge on any atom is 0.260 e. The molecule has 2 heterocycles. The topological polar surface area (TPSA) is 60.9 Å². The zero-order chi connectivity index (χ0) is 22.3. The van der Waals surface area contributed by atoms with Crippen molar-refractivity contribution in [3.05, 3.63) is 48.0 Å². The molecule has 4 rings (SSSR count). The van der Waals surface area contributed by atoms with Gasteiger partial charge in [0.05, 0.1) is 36.1 Å². The van der Waals surface area contributed by atoms with Gasteiger partial charge in [0, 0.05) is 12.2 Å². The predicted octanol–water partition coefficient (Wildman–Crippen LogP) is 5.70.